The second-order valence-electron chi connectivity index (χ2n) is 5.19. The first-order chi connectivity index (χ1) is 8.81. The zero-order chi connectivity index (χ0) is 12.4. The number of carbonyl (C=O) groups is 1. The van der Waals surface area contributed by atoms with Crippen LogP contribution in [0.5, 0.6) is 0 Å². The van der Waals surface area contributed by atoms with Gasteiger partial charge in [0, 0.05) is 56.5 Å². The monoisotopic (exact) mass is 246 g/mol. The number of nitrogens with zero attached hydrogens (tertiary/aromatic N) is 3. The van der Waals surface area contributed by atoms with Gasteiger partial charge < -0.3 is 5.32 Å². The molecule has 0 spiro atoms. The highest BCUT2D eigenvalue weighted by atomic mass is 16.1. The van der Waals surface area contributed by atoms with Crippen molar-refractivity contribution in [1.82, 2.24) is 20.2 Å². The number of hydrogen-bond acceptors (Lipinski definition) is 4. The van der Waals surface area contributed by atoms with Crippen molar-refractivity contribution >= 4 is 5.91 Å². The van der Waals surface area contributed by atoms with Crippen LogP contribution >= 0.6 is 0 Å². The summed E-state index contributed by atoms with van der Waals surface area (Å²) in [5, 5.41) is 2.95. The van der Waals surface area contributed by atoms with Crippen molar-refractivity contribution in [1.29, 1.82) is 0 Å². The molecule has 0 aliphatic carbocycles. The maximum absolute atomic E-state index is 11.1. The van der Waals surface area contributed by atoms with Crippen LogP contribution in [0.25, 0.3) is 0 Å². The number of hydrogen-bond donors (Lipinski definition) is 1. The summed E-state index contributed by atoms with van der Waals surface area (Å²) in [6.07, 6.45) is 6.26. The topological polar surface area (TPSA) is 58.1 Å². The van der Waals surface area contributed by atoms with E-state index in [0.29, 0.717) is 12.3 Å². The maximum Gasteiger partial charge on any atom is 0.220 e. The summed E-state index contributed by atoms with van der Waals surface area (Å²) in [5.41, 5.74) is 2.45. The van der Waals surface area contributed by atoms with E-state index in [1.54, 1.807) is 6.33 Å². The average molecular weight is 246 g/mol. The predicted molar refractivity (Wildman–Crippen MR) is 66.7 cm³/mol. The number of piperidine rings is 1. The molecule has 1 fully saturated rings. The first-order valence-corrected chi connectivity index (χ1v) is 6.58. The molecule has 0 saturated carbocycles. The molecule has 1 atom stereocenters. The third-order valence-corrected chi connectivity index (χ3v) is 3.82. The molecule has 0 radical (unpaired) electrons. The number of rotatable bonds is 2. The minimum absolute atomic E-state index is 0.198. The Morgan fingerprint density at radius 2 is 2.39 bits per heavy atom. The molecular weight excluding hydrogens is 228 g/mol. The Morgan fingerprint density at radius 3 is 3.22 bits per heavy atom. The fourth-order valence-electron chi connectivity index (χ4n) is 2.79. The Balaban J connectivity index is 1.58. The number of nitrogens with one attached hydrogen (secondary N) is 1. The normalized spacial score (nSPS) is 24.4. The number of carbonyl (C=O) groups excluding carboxylic acids is 1. The highest BCUT2D eigenvalue weighted by Gasteiger charge is 2.23. The van der Waals surface area contributed by atoms with Gasteiger partial charge in [0.05, 0.1) is 0 Å². The molecule has 2 aliphatic heterocycles. The van der Waals surface area contributed by atoms with Crippen LogP contribution in [0, 0.1) is 5.92 Å². The van der Waals surface area contributed by atoms with Crippen LogP contribution in [-0.2, 0) is 17.8 Å². The first kappa shape index (κ1) is 11.6. The lowest BCUT2D eigenvalue weighted by Crippen LogP contribution is -2.42. The van der Waals surface area contributed by atoms with E-state index >= 15 is 0 Å². The van der Waals surface area contributed by atoms with Crippen molar-refractivity contribution < 1.29 is 4.79 Å². The van der Waals surface area contributed by atoms with E-state index in [4.69, 9.17) is 0 Å². The van der Waals surface area contributed by atoms with E-state index in [9.17, 15) is 4.79 Å². The third-order valence-electron chi connectivity index (χ3n) is 3.82. The van der Waals surface area contributed by atoms with Crippen LogP contribution in [0.15, 0.2) is 12.5 Å². The van der Waals surface area contributed by atoms with Gasteiger partial charge in [-0.15, -0.1) is 0 Å². The fraction of sp³-hybridized carbons (Fsp3) is 0.615. The van der Waals surface area contributed by atoms with Crippen LogP contribution < -0.4 is 5.32 Å². The molecule has 18 heavy (non-hydrogen) atoms. The van der Waals surface area contributed by atoms with Crippen molar-refractivity contribution in [2.24, 2.45) is 5.92 Å². The molecule has 2 aliphatic rings. The van der Waals surface area contributed by atoms with Gasteiger partial charge >= 0.3 is 0 Å². The summed E-state index contributed by atoms with van der Waals surface area (Å²) in [6.45, 7) is 3.90. The summed E-state index contributed by atoms with van der Waals surface area (Å²) in [6, 6.07) is 0. The zero-order valence-corrected chi connectivity index (χ0v) is 10.4. The van der Waals surface area contributed by atoms with E-state index in [1.807, 2.05) is 6.20 Å². The third kappa shape index (κ3) is 2.51. The Kier molecular flexibility index (Phi) is 3.23. The standard InChI is InChI=1S/C13H18N4O/c18-13-2-1-10(5-15-13)7-17-4-3-12-11(8-17)6-14-9-16-12/h6,9-10H,1-5,7-8H2,(H,15,18). The molecule has 0 bridgehead atoms. The Morgan fingerprint density at radius 1 is 1.44 bits per heavy atom. The van der Waals surface area contributed by atoms with E-state index in [2.05, 4.69) is 20.2 Å². The second-order valence-corrected chi connectivity index (χ2v) is 5.19. The molecule has 5 nitrogen and oxygen atoms in total. The minimum atomic E-state index is 0.198. The molecular formula is C13H18N4O. The lowest BCUT2D eigenvalue weighted by Gasteiger charge is -2.32. The van der Waals surface area contributed by atoms with Crippen molar-refractivity contribution in [2.75, 3.05) is 19.6 Å². The van der Waals surface area contributed by atoms with Gasteiger partial charge in [0.15, 0.2) is 0 Å². The largest absolute Gasteiger partial charge is 0.356 e. The van der Waals surface area contributed by atoms with E-state index < -0.39 is 0 Å². The molecule has 0 aromatic carbocycles. The van der Waals surface area contributed by atoms with Gasteiger partial charge in [0.2, 0.25) is 5.91 Å². The highest BCUT2D eigenvalue weighted by molar-refractivity contribution is 5.76. The fourth-order valence-corrected chi connectivity index (χ4v) is 2.79. The highest BCUT2D eigenvalue weighted by Crippen LogP contribution is 2.19. The molecule has 1 saturated heterocycles. The SMILES string of the molecule is O=C1CCC(CN2CCc3ncncc3C2)CN1. The number of aromatic nitrogens is 2. The van der Waals surface area contributed by atoms with Gasteiger partial charge in [-0.25, -0.2) is 9.97 Å². The average Bonchev–Trinajstić information content (AvgIpc) is 2.41. The number of fused-ring (bicyclic) bond motifs is 1. The molecule has 1 aromatic heterocycles. The van der Waals surface area contributed by atoms with Crippen molar-refractivity contribution in [3.05, 3.63) is 23.8 Å². The van der Waals surface area contributed by atoms with Crippen LogP contribution in [0.3, 0.4) is 0 Å². The van der Waals surface area contributed by atoms with Crippen molar-refractivity contribution in [3.8, 4) is 0 Å². The first-order valence-electron chi connectivity index (χ1n) is 6.58. The van der Waals surface area contributed by atoms with E-state index in [0.717, 1.165) is 39.0 Å². The van der Waals surface area contributed by atoms with Gasteiger partial charge in [-0.05, 0) is 12.3 Å². The van der Waals surface area contributed by atoms with Gasteiger partial charge in [-0.3, -0.25) is 9.69 Å². The van der Waals surface area contributed by atoms with Gasteiger partial charge in [-0.1, -0.05) is 0 Å². The maximum atomic E-state index is 11.1. The Labute approximate surface area is 107 Å². The van der Waals surface area contributed by atoms with Crippen LogP contribution in [0.2, 0.25) is 0 Å². The van der Waals surface area contributed by atoms with Crippen LogP contribution in [0.4, 0.5) is 0 Å². The molecule has 5 heteroatoms. The quantitative estimate of drug-likeness (QED) is 0.818. The van der Waals surface area contributed by atoms with Crippen molar-refractivity contribution in [2.45, 2.75) is 25.8 Å². The molecule has 1 amide bonds. The lowest BCUT2D eigenvalue weighted by molar-refractivity contribution is -0.123. The van der Waals surface area contributed by atoms with Crippen LogP contribution in [-0.4, -0.2) is 40.4 Å². The lowest BCUT2D eigenvalue weighted by atomic mass is 9.97. The molecule has 1 N–H and O–H groups in total. The van der Waals surface area contributed by atoms with Gasteiger partial charge in [0.1, 0.15) is 6.33 Å². The molecule has 3 rings (SSSR count). The predicted octanol–water partition coefficient (Wildman–Crippen LogP) is 0.361. The van der Waals surface area contributed by atoms with Gasteiger partial charge in [-0.2, -0.15) is 0 Å². The smallest absolute Gasteiger partial charge is 0.220 e. The summed E-state index contributed by atoms with van der Waals surface area (Å²) >= 11 is 0. The molecule has 1 unspecified atom stereocenters. The summed E-state index contributed by atoms with van der Waals surface area (Å²) < 4.78 is 0. The van der Waals surface area contributed by atoms with E-state index in [-0.39, 0.29) is 5.91 Å². The summed E-state index contributed by atoms with van der Waals surface area (Å²) in [5.74, 6) is 0.789. The molecule has 96 valence electrons. The summed E-state index contributed by atoms with van der Waals surface area (Å²) in [7, 11) is 0. The van der Waals surface area contributed by atoms with Gasteiger partial charge in [0.25, 0.3) is 0 Å². The summed E-state index contributed by atoms with van der Waals surface area (Å²) in [4.78, 5) is 22.0. The van der Waals surface area contributed by atoms with Crippen molar-refractivity contribution in [3.63, 3.8) is 0 Å². The van der Waals surface area contributed by atoms with E-state index in [1.165, 1.54) is 11.3 Å². The van der Waals surface area contributed by atoms with Crippen LogP contribution in [0.1, 0.15) is 24.1 Å². The Bertz CT molecular complexity index is 438. The number of amides is 1. The second kappa shape index (κ2) is 5.02. The Hall–Kier alpha value is -1.49. The molecule has 3 heterocycles. The zero-order valence-electron chi connectivity index (χ0n) is 10.4. The molecule has 1 aromatic rings. The minimum Gasteiger partial charge on any atom is -0.356 e.